The number of hydrogen-bond acceptors (Lipinski definition) is 5. The molecule has 0 radical (unpaired) electrons. The van der Waals surface area contributed by atoms with Gasteiger partial charge in [0.15, 0.2) is 0 Å². The predicted octanol–water partition coefficient (Wildman–Crippen LogP) is 3.75. The summed E-state index contributed by atoms with van der Waals surface area (Å²) in [6, 6.07) is 18.7. The molecule has 146 valence electrons. The second-order valence-electron chi connectivity index (χ2n) is 6.11. The number of ether oxygens (including phenoxy) is 1. The zero-order chi connectivity index (χ0) is 20.0. The van der Waals surface area contributed by atoms with Gasteiger partial charge in [-0.05, 0) is 54.8 Å². The molecule has 1 amide bonds. The summed E-state index contributed by atoms with van der Waals surface area (Å²) in [5.41, 5.74) is 0.830. The normalized spacial score (nSPS) is 12.2. The lowest BCUT2D eigenvalue weighted by molar-refractivity contribution is 0.0926. The van der Waals surface area contributed by atoms with Crippen molar-refractivity contribution in [2.75, 3.05) is 11.3 Å². The van der Waals surface area contributed by atoms with Crippen molar-refractivity contribution in [3.05, 3.63) is 77.7 Å². The van der Waals surface area contributed by atoms with E-state index in [9.17, 15) is 13.2 Å². The molecule has 0 saturated carbocycles. The van der Waals surface area contributed by atoms with E-state index >= 15 is 0 Å². The Balaban J connectivity index is 1.54. The van der Waals surface area contributed by atoms with E-state index in [0.717, 1.165) is 17.1 Å². The third-order valence-electron chi connectivity index (χ3n) is 3.78. The summed E-state index contributed by atoms with van der Waals surface area (Å²) in [5.74, 6) is 0.489. The fraction of sp³-hybridized carbons (Fsp3) is 0.150. The van der Waals surface area contributed by atoms with Crippen molar-refractivity contribution < 1.29 is 17.9 Å². The maximum atomic E-state index is 12.3. The molecule has 0 spiro atoms. The fourth-order valence-corrected chi connectivity index (χ4v) is 4.45. The summed E-state index contributed by atoms with van der Waals surface area (Å²) in [5, 5.41) is 4.55. The van der Waals surface area contributed by atoms with Crippen LogP contribution in [0.4, 0.5) is 5.69 Å². The maximum Gasteiger partial charge on any atom is 0.271 e. The van der Waals surface area contributed by atoms with Gasteiger partial charge in [0, 0.05) is 11.3 Å². The lowest BCUT2D eigenvalue weighted by Crippen LogP contribution is -2.36. The van der Waals surface area contributed by atoms with Crippen LogP contribution in [-0.2, 0) is 10.0 Å². The first-order valence-electron chi connectivity index (χ1n) is 8.59. The number of carbonyl (C=O) groups excluding carboxylic acids is 1. The van der Waals surface area contributed by atoms with Crippen molar-refractivity contribution >= 4 is 33.0 Å². The van der Waals surface area contributed by atoms with E-state index in [1.54, 1.807) is 35.7 Å². The standard InChI is InChI=1S/C20H20N2O4S2/c1-15(14-26-18-6-3-2-4-7-18)21-20(23)16-9-11-17(12-10-16)22-28(24,25)19-8-5-13-27-19/h2-13,15,22H,14H2,1H3,(H,21,23)/t15-/m0/s1. The van der Waals surface area contributed by atoms with Crippen molar-refractivity contribution in [2.45, 2.75) is 17.2 Å². The number of anilines is 1. The van der Waals surface area contributed by atoms with Gasteiger partial charge in [0.05, 0.1) is 6.04 Å². The first-order valence-corrected chi connectivity index (χ1v) is 11.0. The van der Waals surface area contributed by atoms with Gasteiger partial charge in [-0.25, -0.2) is 8.42 Å². The number of amides is 1. The van der Waals surface area contributed by atoms with Gasteiger partial charge in [0.1, 0.15) is 16.6 Å². The summed E-state index contributed by atoms with van der Waals surface area (Å²) in [6.45, 7) is 2.19. The Labute approximate surface area is 168 Å². The number of sulfonamides is 1. The molecule has 0 bridgehead atoms. The van der Waals surface area contributed by atoms with Crippen LogP contribution in [0.3, 0.4) is 0 Å². The topological polar surface area (TPSA) is 84.5 Å². The van der Waals surface area contributed by atoms with Gasteiger partial charge in [-0.3, -0.25) is 9.52 Å². The van der Waals surface area contributed by atoms with Crippen LogP contribution in [0.25, 0.3) is 0 Å². The third kappa shape index (κ3) is 5.34. The van der Waals surface area contributed by atoms with E-state index in [2.05, 4.69) is 10.0 Å². The Morgan fingerprint density at radius 1 is 1.04 bits per heavy atom. The lowest BCUT2D eigenvalue weighted by atomic mass is 10.2. The summed E-state index contributed by atoms with van der Waals surface area (Å²) in [6.07, 6.45) is 0. The zero-order valence-corrected chi connectivity index (χ0v) is 16.8. The highest BCUT2D eigenvalue weighted by Gasteiger charge is 2.16. The molecule has 0 fully saturated rings. The highest BCUT2D eigenvalue weighted by molar-refractivity contribution is 7.94. The van der Waals surface area contributed by atoms with Crippen molar-refractivity contribution in [1.82, 2.24) is 5.32 Å². The van der Waals surface area contributed by atoms with Crippen LogP contribution < -0.4 is 14.8 Å². The number of para-hydroxylation sites is 1. The summed E-state index contributed by atoms with van der Waals surface area (Å²) >= 11 is 1.14. The van der Waals surface area contributed by atoms with Gasteiger partial charge in [-0.2, -0.15) is 0 Å². The van der Waals surface area contributed by atoms with Crippen LogP contribution in [0.1, 0.15) is 17.3 Å². The third-order valence-corrected chi connectivity index (χ3v) is 6.56. The SMILES string of the molecule is C[C@@H](COc1ccccc1)NC(=O)c1ccc(NS(=O)(=O)c2cccs2)cc1. The molecule has 6 nitrogen and oxygen atoms in total. The monoisotopic (exact) mass is 416 g/mol. The number of thiophene rings is 1. The molecule has 3 aromatic rings. The van der Waals surface area contributed by atoms with E-state index < -0.39 is 10.0 Å². The Hall–Kier alpha value is -2.84. The molecule has 28 heavy (non-hydrogen) atoms. The molecule has 1 atom stereocenters. The predicted molar refractivity (Wildman–Crippen MR) is 110 cm³/mol. The van der Waals surface area contributed by atoms with E-state index in [1.165, 1.54) is 6.07 Å². The van der Waals surface area contributed by atoms with Crippen molar-refractivity contribution in [3.8, 4) is 5.75 Å². The van der Waals surface area contributed by atoms with Gasteiger partial charge in [-0.1, -0.05) is 24.3 Å². The molecule has 1 aromatic heterocycles. The van der Waals surface area contributed by atoms with Crippen LogP contribution in [0, 0.1) is 0 Å². The molecule has 8 heteroatoms. The van der Waals surface area contributed by atoms with Gasteiger partial charge in [-0.15, -0.1) is 11.3 Å². The Morgan fingerprint density at radius 3 is 2.39 bits per heavy atom. The van der Waals surface area contributed by atoms with E-state index in [-0.39, 0.29) is 16.2 Å². The molecule has 1 heterocycles. The number of rotatable bonds is 8. The molecule has 0 saturated heterocycles. The van der Waals surface area contributed by atoms with Crippen LogP contribution in [0.2, 0.25) is 0 Å². The maximum absolute atomic E-state index is 12.3. The minimum Gasteiger partial charge on any atom is -0.491 e. The minimum atomic E-state index is -3.60. The molecule has 0 aliphatic heterocycles. The number of carbonyl (C=O) groups is 1. The Bertz CT molecular complexity index is 1000. The van der Waals surface area contributed by atoms with E-state index in [0.29, 0.717) is 17.9 Å². The van der Waals surface area contributed by atoms with E-state index in [4.69, 9.17) is 4.74 Å². The summed E-state index contributed by atoms with van der Waals surface area (Å²) < 4.78 is 32.8. The number of benzene rings is 2. The van der Waals surface area contributed by atoms with Gasteiger partial charge in [0.25, 0.3) is 15.9 Å². The highest BCUT2D eigenvalue weighted by Crippen LogP contribution is 2.20. The highest BCUT2D eigenvalue weighted by atomic mass is 32.2. The van der Waals surface area contributed by atoms with E-state index in [1.807, 2.05) is 37.3 Å². The Morgan fingerprint density at radius 2 is 1.75 bits per heavy atom. The minimum absolute atomic E-state index is 0.190. The van der Waals surface area contributed by atoms with Crippen LogP contribution >= 0.6 is 11.3 Å². The van der Waals surface area contributed by atoms with Crippen molar-refractivity contribution in [3.63, 3.8) is 0 Å². The van der Waals surface area contributed by atoms with Crippen LogP contribution in [0.15, 0.2) is 76.3 Å². The van der Waals surface area contributed by atoms with Gasteiger partial charge < -0.3 is 10.1 Å². The fourth-order valence-electron chi connectivity index (χ4n) is 2.40. The number of nitrogens with one attached hydrogen (secondary N) is 2. The average molecular weight is 417 g/mol. The molecular formula is C20H20N2O4S2. The quantitative estimate of drug-likeness (QED) is 0.586. The zero-order valence-electron chi connectivity index (χ0n) is 15.2. The first kappa shape index (κ1) is 19.9. The van der Waals surface area contributed by atoms with Crippen molar-refractivity contribution in [1.29, 1.82) is 0 Å². The Kier molecular flexibility index (Phi) is 6.33. The molecule has 2 N–H and O–H groups in total. The average Bonchev–Trinajstić information content (AvgIpc) is 3.23. The second kappa shape index (κ2) is 8.90. The molecule has 0 aliphatic carbocycles. The van der Waals surface area contributed by atoms with Gasteiger partial charge >= 0.3 is 0 Å². The lowest BCUT2D eigenvalue weighted by Gasteiger charge is -2.15. The molecule has 0 unspecified atom stereocenters. The smallest absolute Gasteiger partial charge is 0.271 e. The first-order chi connectivity index (χ1) is 13.4. The largest absolute Gasteiger partial charge is 0.491 e. The molecule has 2 aromatic carbocycles. The second-order valence-corrected chi connectivity index (χ2v) is 8.97. The van der Waals surface area contributed by atoms with Gasteiger partial charge in [0.2, 0.25) is 0 Å². The van der Waals surface area contributed by atoms with Crippen molar-refractivity contribution in [2.24, 2.45) is 0 Å². The molecule has 3 rings (SSSR count). The van der Waals surface area contributed by atoms with Crippen LogP contribution in [0.5, 0.6) is 5.75 Å². The number of hydrogen-bond donors (Lipinski definition) is 2. The van der Waals surface area contributed by atoms with Crippen LogP contribution in [-0.4, -0.2) is 27.0 Å². The molecular weight excluding hydrogens is 396 g/mol. The molecule has 0 aliphatic rings. The summed E-state index contributed by atoms with van der Waals surface area (Å²) in [4.78, 5) is 12.3. The summed E-state index contributed by atoms with van der Waals surface area (Å²) in [7, 11) is -3.60.